The molecule has 0 aromatic heterocycles. The molecule has 2 aromatic carbocycles. The summed E-state index contributed by atoms with van der Waals surface area (Å²) in [5, 5.41) is 3.54. The van der Waals surface area contributed by atoms with Crippen LogP contribution in [0.3, 0.4) is 0 Å². The SMILES string of the molecule is COc1cc(Cl)c(C)cc1NCc1cc(F)c(F)c(F)c1. The number of rotatable bonds is 4. The maximum atomic E-state index is 13.1. The van der Waals surface area contributed by atoms with Crippen molar-refractivity contribution in [1.82, 2.24) is 0 Å². The first-order chi connectivity index (χ1) is 9.92. The van der Waals surface area contributed by atoms with Gasteiger partial charge in [-0.1, -0.05) is 11.6 Å². The average Bonchev–Trinajstić information content (AvgIpc) is 2.45. The highest BCUT2D eigenvalue weighted by molar-refractivity contribution is 6.31. The predicted molar refractivity (Wildman–Crippen MR) is 76.4 cm³/mol. The third-order valence-electron chi connectivity index (χ3n) is 3.01. The number of hydrogen-bond donors (Lipinski definition) is 1. The second-order valence-electron chi connectivity index (χ2n) is 4.53. The van der Waals surface area contributed by atoms with Crippen LogP contribution in [0.2, 0.25) is 5.02 Å². The first kappa shape index (κ1) is 15.5. The molecule has 0 aliphatic heterocycles. The van der Waals surface area contributed by atoms with E-state index in [1.165, 1.54) is 7.11 Å². The molecule has 2 aromatic rings. The van der Waals surface area contributed by atoms with Gasteiger partial charge in [-0.2, -0.15) is 0 Å². The number of ether oxygens (including phenoxy) is 1. The lowest BCUT2D eigenvalue weighted by Crippen LogP contribution is -2.04. The van der Waals surface area contributed by atoms with Crippen LogP contribution in [-0.4, -0.2) is 7.11 Å². The van der Waals surface area contributed by atoms with E-state index in [2.05, 4.69) is 5.32 Å². The third kappa shape index (κ3) is 3.42. The molecule has 0 unspecified atom stereocenters. The van der Waals surface area contributed by atoms with Gasteiger partial charge in [0.25, 0.3) is 0 Å². The van der Waals surface area contributed by atoms with Crippen LogP contribution in [0.5, 0.6) is 5.75 Å². The zero-order valence-corrected chi connectivity index (χ0v) is 12.2. The van der Waals surface area contributed by atoms with E-state index in [4.69, 9.17) is 16.3 Å². The molecule has 0 aliphatic rings. The van der Waals surface area contributed by atoms with Crippen LogP contribution in [0, 0.1) is 24.4 Å². The molecule has 0 bridgehead atoms. The molecule has 2 nitrogen and oxygen atoms in total. The largest absolute Gasteiger partial charge is 0.495 e. The minimum absolute atomic E-state index is 0.117. The van der Waals surface area contributed by atoms with Crippen molar-refractivity contribution in [3.05, 3.63) is 57.9 Å². The molecule has 0 radical (unpaired) electrons. The lowest BCUT2D eigenvalue weighted by atomic mass is 10.1. The highest BCUT2D eigenvalue weighted by Gasteiger charge is 2.11. The van der Waals surface area contributed by atoms with Gasteiger partial charge in [0, 0.05) is 17.6 Å². The summed E-state index contributed by atoms with van der Waals surface area (Å²) in [5.41, 5.74) is 1.74. The van der Waals surface area contributed by atoms with Crippen molar-refractivity contribution < 1.29 is 17.9 Å². The summed E-state index contributed by atoms with van der Waals surface area (Å²) < 4.78 is 44.4. The molecule has 0 saturated carbocycles. The van der Waals surface area contributed by atoms with Crippen LogP contribution < -0.4 is 10.1 Å². The molecule has 0 amide bonds. The van der Waals surface area contributed by atoms with Gasteiger partial charge in [-0.25, -0.2) is 13.2 Å². The van der Waals surface area contributed by atoms with Crippen molar-refractivity contribution in [2.75, 3.05) is 12.4 Å². The normalized spacial score (nSPS) is 10.6. The first-order valence-corrected chi connectivity index (χ1v) is 6.51. The maximum Gasteiger partial charge on any atom is 0.194 e. The molecule has 6 heteroatoms. The Morgan fingerprint density at radius 1 is 1.10 bits per heavy atom. The standard InChI is InChI=1S/C15H13ClF3NO/c1-8-3-13(14(21-2)6-10(8)16)20-7-9-4-11(17)15(19)12(18)5-9/h3-6,20H,7H2,1-2H3. The molecule has 2 rings (SSSR count). The van der Waals surface area contributed by atoms with Crippen LogP contribution >= 0.6 is 11.6 Å². The maximum absolute atomic E-state index is 13.1. The van der Waals surface area contributed by atoms with Crippen LogP contribution in [0.25, 0.3) is 0 Å². The summed E-state index contributed by atoms with van der Waals surface area (Å²) in [6, 6.07) is 5.30. The second-order valence-corrected chi connectivity index (χ2v) is 4.94. The van der Waals surface area contributed by atoms with Crippen molar-refractivity contribution in [1.29, 1.82) is 0 Å². The number of aryl methyl sites for hydroxylation is 1. The van der Waals surface area contributed by atoms with Gasteiger partial charge in [0.2, 0.25) is 0 Å². The van der Waals surface area contributed by atoms with Crippen LogP contribution in [0.1, 0.15) is 11.1 Å². The molecular weight excluding hydrogens is 303 g/mol. The lowest BCUT2D eigenvalue weighted by molar-refractivity contribution is 0.416. The molecule has 1 N–H and O–H groups in total. The molecule has 21 heavy (non-hydrogen) atoms. The Labute approximate surface area is 125 Å². The van der Waals surface area contributed by atoms with Gasteiger partial charge in [-0.05, 0) is 36.2 Å². The molecule has 0 spiro atoms. The number of halogens is 4. The number of benzene rings is 2. The highest BCUT2D eigenvalue weighted by atomic mass is 35.5. The fourth-order valence-electron chi connectivity index (χ4n) is 1.88. The predicted octanol–water partition coefficient (Wildman–Crippen LogP) is 4.69. The monoisotopic (exact) mass is 315 g/mol. The summed E-state index contributed by atoms with van der Waals surface area (Å²) >= 11 is 5.99. The van der Waals surface area contributed by atoms with E-state index in [0.717, 1.165) is 17.7 Å². The van der Waals surface area contributed by atoms with Crippen LogP contribution in [0.15, 0.2) is 24.3 Å². The van der Waals surface area contributed by atoms with Crippen molar-refractivity contribution in [3.8, 4) is 5.75 Å². The van der Waals surface area contributed by atoms with Crippen molar-refractivity contribution in [3.63, 3.8) is 0 Å². The smallest absolute Gasteiger partial charge is 0.194 e. The zero-order valence-electron chi connectivity index (χ0n) is 11.4. The Morgan fingerprint density at radius 2 is 1.71 bits per heavy atom. The average molecular weight is 316 g/mol. The Kier molecular flexibility index (Phi) is 4.63. The minimum atomic E-state index is -1.47. The third-order valence-corrected chi connectivity index (χ3v) is 3.41. The first-order valence-electron chi connectivity index (χ1n) is 6.13. The Hall–Kier alpha value is -1.88. The number of hydrogen-bond acceptors (Lipinski definition) is 2. The van der Waals surface area contributed by atoms with Crippen LogP contribution in [-0.2, 0) is 6.54 Å². The fraction of sp³-hybridized carbons (Fsp3) is 0.200. The molecule has 0 aliphatic carbocycles. The van der Waals surface area contributed by atoms with E-state index >= 15 is 0 Å². The summed E-state index contributed by atoms with van der Waals surface area (Å²) in [5.74, 6) is -3.40. The Bertz CT molecular complexity index is 653. The molecule has 0 heterocycles. The van der Waals surface area contributed by atoms with Crippen molar-refractivity contribution in [2.24, 2.45) is 0 Å². The van der Waals surface area contributed by atoms with Gasteiger partial charge in [-0.15, -0.1) is 0 Å². The lowest BCUT2D eigenvalue weighted by Gasteiger charge is -2.13. The van der Waals surface area contributed by atoms with E-state index in [1.807, 2.05) is 6.92 Å². The minimum Gasteiger partial charge on any atom is -0.495 e. The van der Waals surface area contributed by atoms with Crippen LogP contribution in [0.4, 0.5) is 18.9 Å². The van der Waals surface area contributed by atoms with Gasteiger partial charge in [0.1, 0.15) is 5.75 Å². The number of nitrogens with one attached hydrogen (secondary N) is 1. The Balaban J connectivity index is 2.22. The highest BCUT2D eigenvalue weighted by Crippen LogP contribution is 2.31. The molecule has 0 saturated heterocycles. The fourth-order valence-corrected chi connectivity index (χ4v) is 2.03. The van der Waals surface area contributed by atoms with Gasteiger partial charge < -0.3 is 10.1 Å². The van der Waals surface area contributed by atoms with Crippen molar-refractivity contribution in [2.45, 2.75) is 13.5 Å². The Morgan fingerprint density at radius 3 is 2.29 bits per heavy atom. The quantitative estimate of drug-likeness (QED) is 0.827. The van der Waals surface area contributed by atoms with Crippen molar-refractivity contribution >= 4 is 17.3 Å². The summed E-state index contributed by atoms with van der Waals surface area (Å²) in [6.07, 6.45) is 0. The second kappa shape index (κ2) is 6.26. The van der Waals surface area contributed by atoms with E-state index in [-0.39, 0.29) is 12.1 Å². The number of anilines is 1. The summed E-state index contributed by atoms with van der Waals surface area (Å²) in [7, 11) is 1.49. The molecule has 0 atom stereocenters. The molecule has 112 valence electrons. The van der Waals surface area contributed by atoms with E-state index in [1.54, 1.807) is 12.1 Å². The van der Waals surface area contributed by atoms with Gasteiger partial charge >= 0.3 is 0 Å². The van der Waals surface area contributed by atoms with E-state index in [0.29, 0.717) is 16.5 Å². The zero-order chi connectivity index (χ0) is 15.6. The van der Waals surface area contributed by atoms with E-state index in [9.17, 15) is 13.2 Å². The topological polar surface area (TPSA) is 21.3 Å². The summed E-state index contributed by atoms with van der Waals surface area (Å²) in [6.45, 7) is 1.94. The van der Waals surface area contributed by atoms with E-state index < -0.39 is 17.5 Å². The molecule has 0 fully saturated rings. The number of methoxy groups -OCH3 is 1. The molecular formula is C15H13ClF3NO. The van der Waals surface area contributed by atoms with Gasteiger partial charge in [-0.3, -0.25) is 0 Å². The summed E-state index contributed by atoms with van der Waals surface area (Å²) in [4.78, 5) is 0. The van der Waals surface area contributed by atoms with Gasteiger partial charge in [0.05, 0.1) is 12.8 Å². The van der Waals surface area contributed by atoms with Gasteiger partial charge in [0.15, 0.2) is 17.5 Å².